The minimum Gasteiger partial charge on any atom is -0.383 e. The summed E-state index contributed by atoms with van der Waals surface area (Å²) in [5, 5.41) is 14.1. The van der Waals surface area contributed by atoms with E-state index in [1.165, 1.54) is 5.56 Å². The molecule has 2 fully saturated rings. The molecule has 6 nitrogen and oxygen atoms in total. The third kappa shape index (κ3) is 3.44. The van der Waals surface area contributed by atoms with E-state index < -0.39 is 6.10 Å². The highest BCUT2D eigenvalue weighted by atomic mass is 16.5. The van der Waals surface area contributed by atoms with Crippen molar-refractivity contribution in [1.29, 1.82) is 0 Å². The molecule has 1 aliphatic heterocycles. The number of nitrogens with zero attached hydrogens (tertiary/aromatic N) is 3. The lowest BCUT2D eigenvalue weighted by atomic mass is 10.1. The van der Waals surface area contributed by atoms with Gasteiger partial charge in [-0.25, -0.2) is 0 Å². The van der Waals surface area contributed by atoms with E-state index in [9.17, 15) is 5.11 Å². The molecule has 1 unspecified atom stereocenters. The smallest absolute Gasteiger partial charge is 0.256 e. The number of rotatable bonds is 5. The molecule has 1 N–H and O–H groups in total. The van der Waals surface area contributed by atoms with Gasteiger partial charge in [0.25, 0.3) is 5.89 Å². The Morgan fingerprint density at radius 3 is 2.87 bits per heavy atom. The molecule has 0 radical (unpaired) electrons. The van der Waals surface area contributed by atoms with Crippen LogP contribution < -0.4 is 0 Å². The van der Waals surface area contributed by atoms with Gasteiger partial charge in [-0.15, -0.1) is 0 Å². The topological polar surface area (TPSA) is 71.6 Å². The van der Waals surface area contributed by atoms with E-state index in [1.54, 1.807) is 0 Å². The van der Waals surface area contributed by atoms with E-state index in [-0.39, 0.29) is 5.92 Å². The van der Waals surface area contributed by atoms with Crippen molar-refractivity contribution in [2.24, 2.45) is 5.92 Å². The number of hydrogen-bond acceptors (Lipinski definition) is 6. The highest BCUT2D eigenvalue weighted by molar-refractivity contribution is 5.55. The van der Waals surface area contributed by atoms with Gasteiger partial charge < -0.3 is 14.4 Å². The predicted molar refractivity (Wildman–Crippen MR) is 83.5 cm³/mol. The molecule has 0 bridgehead atoms. The van der Waals surface area contributed by atoms with E-state index in [0.717, 1.165) is 51.3 Å². The molecule has 0 spiro atoms. The zero-order valence-electron chi connectivity index (χ0n) is 13.0. The molecule has 2 heterocycles. The molecule has 2 aromatic rings. The van der Waals surface area contributed by atoms with Crippen molar-refractivity contribution in [3.63, 3.8) is 0 Å². The number of aliphatic hydroxyl groups is 1. The van der Waals surface area contributed by atoms with Gasteiger partial charge in [0.1, 0.15) is 6.10 Å². The Kier molecular flexibility index (Phi) is 4.11. The number of aromatic nitrogens is 2. The van der Waals surface area contributed by atoms with E-state index in [2.05, 4.69) is 27.2 Å². The average molecular weight is 315 g/mol. The van der Waals surface area contributed by atoms with Gasteiger partial charge in [0.15, 0.2) is 0 Å². The molecular formula is C17H21N3O3. The van der Waals surface area contributed by atoms with Gasteiger partial charge >= 0.3 is 0 Å². The van der Waals surface area contributed by atoms with E-state index in [1.807, 2.05) is 12.1 Å². The Morgan fingerprint density at radius 1 is 1.26 bits per heavy atom. The maximum Gasteiger partial charge on any atom is 0.256 e. The zero-order chi connectivity index (χ0) is 15.6. The molecule has 4 rings (SSSR count). The number of morpholine rings is 1. The number of ether oxygens (including phenoxy) is 1. The lowest BCUT2D eigenvalue weighted by Crippen LogP contribution is -2.35. The van der Waals surface area contributed by atoms with Crippen LogP contribution in [0, 0.1) is 5.92 Å². The normalized spacial score (nSPS) is 20.6. The summed E-state index contributed by atoms with van der Waals surface area (Å²) in [6.45, 7) is 4.42. The summed E-state index contributed by atoms with van der Waals surface area (Å²) in [7, 11) is 0. The molecule has 1 aromatic heterocycles. The summed E-state index contributed by atoms with van der Waals surface area (Å²) >= 11 is 0. The van der Waals surface area contributed by atoms with Crippen molar-refractivity contribution in [2.75, 3.05) is 26.3 Å². The van der Waals surface area contributed by atoms with Crippen molar-refractivity contribution >= 4 is 0 Å². The molecule has 2 aliphatic rings. The summed E-state index contributed by atoms with van der Waals surface area (Å²) in [6.07, 6.45) is 1.45. The number of hydrogen-bond donors (Lipinski definition) is 1. The second-order valence-corrected chi connectivity index (χ2v) is 6.33. The third-order valence-electron chi connectivity index (χ3n) is 4.46. The lowest BCUT2D eigenvalue weighted by Gasteiger charge is -2.26. The maximum atomic E-state index is 10.1. The van der Waals surface area contributed by atoms with Gasteiger partial charge in [-0.1, -0.05) is 23.4 Å². The summed E-state index contributed by atoms with van der Waals surface area (Å²) in [4.78, 5) is 6.74. The quantitative estimate of drug-likeness (QED) is 0.910. The van der Waals surface area contributed by atoms with Crippen LogP contribution in [-0.4, -0.2) is 46.5 Å². The van der Waals surface area contributed by atoms with Crippen LogP contribution in [0.25, 0.3) is 11.4 Å². The molecule has 6 heteroatoms. The second-order valence-electron chi connectivity index (χ2n) is 6.33. The van der Waals surface area contributed by atoms with Crippen LogP contribution in [-0.2, 0) is 11.3 Å². The number of benzene rings is 1. The van der Waals surface area contributed by atoms with Crippen molar-refractivity contribution in [2.45, 2.75) is 25.5 Å². The van der Waals surface area contributed by atoms with Crippen LogP contribution in [0.2, 0.25) is 0 Å². The predicted octanol–water partition coefficient (Wildman–Crippen LogP) is 2.01. The van der Waals surface area contributed by atoms with Gasteiger partial charge in [0.05, 0.1) is 13.2 Å². The van der Waals surface area contributed by atoms with Gasteiger partial charge in [-0.3, -0.25) is 4.90 Å². The highest BCUT2D eigenvalue weighted by Gasteiger charge is 2.34. The summed E-state index contributed by atoms with van der Waals surface area (Å²) in [5.74, 6) is 1.17. The van der Waals surface area contributed by atoms with Gasteiger partial charge in [0.2, 0.25) is 5.82 Å². The second kappa shape index (κ2) is 6.39. The Balaban J connectivity index is 1.49. The minimum absolute atomic E-state index is 0.288. The molecule has 1 aliphatic carbocycles. The molecule has 23 heavy (non-hydrogen) atoms. The van der Waals surface area contributed by atoms with E-state index in [4.69, 9.17) is 9.26 Å². The maximum absolute atomic E-state index is 10.1. The van der Waals surface area contributed by atoms with Gasteiger partial charge in [-0.05, 0) is 30.4 Å². The zero-order valence-corrected chi connectivity index (χ0v) is 13.0. The monoisotopic (exact) mass is 315 g/mol. The molecular weight excluding hydrogens is 294 g/mol. The Labute approximate surface area is 135 Å². The standard InChI is InChI=1S/C17H21N3O3/c21-15(13-4-5-13)17-18-16(19-23-17)14-3-1-2-12(10-14)11-20-6-8-22-9-7-20/h1-3,10,13,15,21H,4-9,11H2. The van der Waals surface area contributed by atoms with Crippen LogP contribution >= 0.6 is 0 Å². The van der Waals surface area contributed by atoms with Crippen molar-refractivity contribution in [1.82, 2.24) is 15.0 Å². The average Bonchev–Trinajstić information content (AvgIpc) is 3.32. The third-order valence-corrected chi connectivity index (χ3v) is 4.46. The van der Waals surface area contributed by atoms with Crippen molar-refractivity contribution in [3.8, 4) is 11.4 Å². The van der Waals surface area contributed by atoms with Crippen LogP contribution in [0.1, 0.15) is 30.4 Å². The fourth-order valence-corrected chi connectivity index (χ4v) is 2.91. The minimum atomic E-state index is -0.618. The molecule has 1 aromatic carbocycles. The summed E-state index contributed by atoms with van der Waals surface area (Å²) in [5.41, 5.74) is 2.15. The summed E-state index contributed by atoms with van der Waals surface area (Å²) in [6, 6.07) is 8.19. The van der Waals surface area contributed by atoms with Crippen molar-refractivity contribution < 1.29 is 14.4 Å². The first kappa shape index (κ1) is 14.8. The van der Waals surface area contributed by atoms with Crippen molar-refractivity contribution in [3.05, 3.63) is 35.7 Å². The lowest BCUT2D eigenvalue weighted by molar-refractivity contribution is 0.0342. The fourth-order valence-electron chi connectivity index (χ4n) is 2.91. The highest BCUT2D eigenvalue weighted by Crippen LogP contribution is 2.40. The number of aliphatic hydroxyl groups excluding tert-OH is 1. The molecule has 0 amide bonds. The molecule has 1 atom stereocenters. The fraction of sp³-hybridized carbons (Fsp3) is 0.529. The first-order chi connectivity index (χ1) is 11.3. The molecule has 122 valence electrons. The first-order valence-electron chi connectivity index (χ1n) is 8.21. The Morgan fingerprint density at radius 2 is 2.09 bits per heavy atom. The van der Waals surface area contributed by atoms with E-state index >= 15 is 0 Å². The molecule has 1 saturated heterocycles. The Hall–Kier alpha value is -1.76. The Bertz CT molecular complexity index is 663. The largest absolute Gasteiger partial charge is 0.383 e. The van der Waals surface area contributed by atoms with Crippen LogP contribution in [0.5, 0.6) is 0 Å². The molecule has 1 saturated carbocycles. The van der Waals surface area contributed by atoms with Gasteiger partial charge in [0, 0.05) is 25.2 Å². The van der Waals surface area contributed by atoms with Crippen LogP contribution in [0.3, 0.4) is 0 Å². The first-order valence-corrected chi connectivity index (χ1v) is 8.21. The SMILES string of the molecule is OC(c1nc(-c2cccc(CN3CCOCC3)c2)no1)C1CC1. The van der Waals surface area contributed by atoms with E-state index in [0.29, 0.717) is 11.7 Å². The van der Waals surface area contributed by atoms with Gasteiger partial charge in [-0.2, -0.15) is 4.98 Å². The van der Waals surface area contributed by atoms with Crippen LogP contribution in [0.15, 0.2) is 28.8 Å². The summed E-state index contributed by atoms with van der Waals surface area (Å²) < 4.78 is 10.6. The van der Waals surface area contributed by atoms with Crippen LogP contribution in [0.4, 0.5) is 0 Å².